The largest absolute Gasteiger partial charge is 0.480 e. The van der Waals surface area contributed by atoms with Crippen molar-refractivity contribution in [3.8, 4) is 0 Å². The fourth-order valence-corrected chi connectivity index (χ4v) is 0.440. The van der Waals surface area contributed by atoms with E-state index in [1.165, 1.54) is 6.92 Å². The summed E-state index contributed by atoms with van der Waals surface area (Å²) in [5.41, 5.74) is 0. The number of amides is 1. The van der Waals surface area contributed by atoms with Gasteiger partial charge >= 0.3 is 5.97 Å². The fourth-order valence-electron chi connectivity index (χ4n) is 0.349. The third-order valence-electron chi connectivity index (χ3n) is 0.892. The van der Waals surface area contributed by atoms with Crippen molar-refractivity contribution >= 4 is 24.5 Å². The van der Waals surface area contributed by atoms with Crippen molar-refractivity contribution in [2.75, 3.05) is 5.75 Å². The van der Waals surface area contributed by atoms with Gasteiger partial charge in [0.05, 0.1) is 5.75 Å². The zero-order chi connectivity index (χ0) is 8.15. The molecule has 0 saturated heterocycles. The Kier molecular flexibility index (Phi) is 3.87. The molecule has 0 aromatic heterocycles. The van der Waals surface area contributed by atoms with Gasteiger partial charge < -0.3 is 10.4 Å². The summed E-state index contributed by atoms with van der Waals surface area (Å²) < 4.78 is 0. The summed E-state index contributed by atoms with van der Waals surface area (Å²) in [6.07, 6.45) is 0. The molecule has 0 saturated carbocycles. The van der Waals surface area contributed by atoms with E-state index in [2.05, 4.69) is 17.9 Å². The summed E-state index contributed by atoms with van der Waals surface area (Å²) in [7, 11) is 0. The van der Waals surface area contributed by atoms with Crippen molar-refractivity contribution in [2.45, 2.75) is 13.0 Å². The van der Waals surface area contributed by atoms with Crippen molar-refractivity contribution < 1.29 is 14.7 Å². The Morgan fingerprint density at radius 3 is 2.50 bits per heavy atom. The molecule has 0 aliphatic heterocycles. The molecule has 0 aliphatic carbocycles. The quantitative estimate of drug-likeness (QED) is 0.492. The molecule has 0 aromatic carbocycles. The second kappa shape index (κ2) is 4.16. The molecule has 1 atom stereocenters. The van der Waals surface area contributed by atoms with Crippen LogP contribution in [0.4, 0.5) is 0 Å². The number of rotatable bonds is 3. The minimum absolute atomic E-state index is 0.0115. The van der Waals surface area contributed by atoms with Crippen molar-refractivity contribution in [1.29, 1.82) is 0 Å². The van der Waals surface area contributed by atoms with Gasteiger partial charge in [0.15, 0.2) is 0 Å². The van der Waals surface area contributed by atoms with E-state index in [-0.39, 0.29) is 11.7 Å². The zero-order valence-electron chi connectivity index (χ0n) is 5.50. The lowest BCUT2D eigenvalue weighted by molar-refractivity contribution is -0.140. The van der Waals surface area contributed by atoms with Crippen LogP contribution in [-0.2, 0) is 9.59 Å². The number of aliphatic carboxylic acids is 1. The average molecular weight is 163 g/mol. The summed E-state index contributed by atoms with van der Waals surface area (Å²) >= 11 is 3.65. The van der Waals surface area contributed by atoms with Gasteiger partial charge in [-0.05, 0) is 6.92 Å². The number of carboxylic acids is 1. The molecule has 0 radical (unpaired) electrons. The minimum atomic E-state index is -1.05. The molecule has 0 unspecified atom stereocenters. The first-order valence-electron chi connectivity index (χ1n) is 2.71. The molecule has 0 spiro atoms. The molecule has 5 heteroatoms. The predicted molar refractivity (Wildman–Crippen MR) is 39.1 cm³/mol. The smallest absolute Gasteiger partial charge is 0.325 e. The average Bonchev–Trinajstić information content (AvgIpc) is 1.87. The SMILES string of the molecule is C[C@H](NC(=O)CS)C(=O)O. The van der Waals surface area contributed by atoms with Crippen LogP contribution in [0.2, 0.25) is 0 Å². The second-order valence-electron chi connectivity index (χ2n) is 1.79. The lowest BCUT2D eigenvalue weighted by Crippen LogP contribution is -2.38. The Bertz CT molecular complexity index is 148. The first kappa shape index (κ1) is 9.29. The highest BCUT2D eigenvalue weighted by molar-refractivity contribution is 7.81. The molecule has 58 valence electrons. The predicted octanol–water partition coefficient (Wildman–Crippen LogP) is -0.494. The number of thiol groups is 1. The van der Waals surface area contributed by atoms with Crippen LogP contribution in [0.25, 0.3) is 0 Å². The molecule has 2 N–H and O–H groups in total. The van der Waals surface area contributed by atoms with E-state index in [1.807, 2.05) is 0 Å². The maximum Gasteiger partial charge on any atom is 0.325 e. The van der Waals surface area contributed by atoms with E-state index in [9.17, 15) is 9.59 Å². The van der Waals surface area contributed by atoms with Gasteiger partial charge in [-0.2, -0.15) is 12.6 Å². The van der Waals surface area contributed by atoms with E-state index in [0.29, 0.717) is 0 Å². The van der Waals surface area contributed by atoms with Crippen LogP contribution in [0, 0.1) is 0 Å². The number of hydrogen-bond donors (Lipinski definition) is 3. The van der Waals surface area contributed by atoms with Gasteiger partial charge in [0, 0.05) is 0 Å². The van der Waals surface area contributed by atoms with E-state index in [4.69, 9.17) is 5.11 Å². The maximum atomic E-state index is 10.5. The van der Waals surface area contributed by atoms with Gasteiger partial charge in [0.2, 0.25) is 5.91 Å². The summed E-state index contributed by atoms with van der Waals surface area (Å²) in [6.45, 7) is 1.39. The van der Waals surface area contributed by atoms with Crippen molar-refractivity contribution in [3.05, 3.63) is 0 Å². The number of carbonyl (C=O) groups excluding carboxylic acids is 1. The lowest BCUT2D eigenvalue weighted by Gasteiger charge is -2.06. The first-order valence-corrected chi connectivity index (χ1v) is 3.34. The Balaban J connectivity index is 3.68. The van der Waals surface area contributed by atoms with Gasteiger partial charge in [0.25, 0.3) is 0 Å². The lowest BCUT2D eigenvalue weighted by atomic mass is 10.3. The summed E-state index contributed by atoms with van der Waals surface area (Å²) in [5, 5.41) is 10.5. The van der Waals surface area contributed by atoms with Crippen molar-refractivity contribution in [1.82, 2.24) is 5.32 Å². The second-order valence-corrected chi connectivity index (χ2v) is 2.10. The summed E-state index contributed by atoms with van der Waals surface area (Å²) in [5.74, 6) is -1.41. The molecule has 0 fully saturated rings. The number of nitrogens with one attached hydrogen (secondary N) is 1. The highest BCUT2D eigenvalue weighted by Crippen LogP contribution is 1.81. The monoisotopic (exact) mass is 163 g/mol. The van der Waals surface area contributed by atoms with Crippen LogP contribution in [0.15, 0.2) is 0 Å². The molecule has 10 heavy (non-hydrogen) atoms. The van der Waals surface area contributed by atoms with Gasteiger partial charge in [-0.3, -0.25) is 9.59 Å². The molecular formula is C5H9NO3S. The Labute approximate surface area is 64.0 Å². The topological polar surface area (TPSA) is 66.4 Å². The molecule has 4 nitrogen and oxygen atoms in total. The highest BCUT2D eigenvalue weighted by Gasteiger charge is 2.11. The molecule has 1 amide bonds. The van der Waals surface area contributed by atoms with Crippen molar-refractivity contribution in [3.63, 3.8) is 0 Å². The molecular weight excluding hydrogens is 154 g/mol. The van der Waals surface area contributed by atoms with Gasteiger partial charge in [-0.25, -0.2) is 0 Å². The minimum Gasteiger partial charge on any atom is -0.480 e. The molecule has 0 bridgehead atoms. The standard InChI is InChI=1S/C5H9NO3S/c1-3(5(8)9)6-4(7)2-10/h3,10H,2H2,1H3,(H,6,7)(H,8,9)/t3-/m0/s1. The van der Waals surface area contributed by atoms with Crippen LogP contribution in [-0.4, -0.2) is 28.8 Å². The number of carbonyl (C=O) groups is 2. The number of carboxylic acid groups (broad SMARTS) is 1. The van der Waals surface area contributed by atoms with Gasteiger partial charge in [-0.1, -0.05) is 0 Å². The Morgan fingerprint density at radius 1 is 1.70 bits per heavy atom. The Hall–Kier alpha value is -0.710. The van der Waals surface area contributed by atoms with Gasteiger partial charge in [-0.15, -0.1) is 0 Å². The molecule has 0 aromatic rings. The normalized spacial score (nSPS) is 12.2. The zero-order valence-corrected chi connectivity index (χ0v) is 6.39. The van der Waals surface area contributed by atoms with E-state index >= 15 is 0 Å². The Morgan fingerprint density at radius 2 is 2.20 bits per heavy atom. The highest BCUT2D eigenvalue weighted by atomic mass is 32.1. The van der Waals surface area contributed by atoms with Crippen LogP contribution in [0.1, 0.15) is 6.92 Å². The van der Waals surface area contributed by atoms with Gasteiger partial charge in [0.1, 0.15) is 6.04 Å². The molecule has 0 heterocycles. The van der Waals surface area contributed by atoms with Crippen LogP contribution < -0.4 is 5.32 Å². The summed E-state index contributed by atoms with van der Waals surface area (Å²) in [6, 6.07) is -0.834. The van der Waals surface area contributed by atoms with E-state index in [0.717, 1.165) is 0 Å². The van der Waals surface area contributed by atoms with Crippen LogP contribution >= 0.6 is 12.6 Å². The fraction of sp³-hybridized carbons (Fsp3) is 0.600. The van der Waals surface area contributed by atoms with Crippen LogP contribution in [0.5, 0.6) is 0 Å². The third-order valence-corrected chi connectivity index (χ3v) is 1.18. The first-order chi connectivity index (χ1) is 4.57. The van der Waals surface area contributed by atoms with E-state index < -0.39 is 12.0 Å². The van der Waals surface area contributed by atoms with Crippen LogP contribution in [0.3, 0.4) is 0 Å². The number of hydrogen-bond acceptors (Lipinski definition) is 3. The molecule has 0 rings (SSSR count). The van der Waals surface area contributed by atoms with E-state index in [1.54, 1.807) is 0 Å². The maximum absolute atomic E-state index is 10.5. The summed E-state index contributed by atoms with van der Waals surface area (Å²) in [4.78, 5) is 20.6. The van der Waals surface area contributed by atoms with Crippen molar-refractivity contribution in [2.24, 2.45) is 0 Å². The third kappa shape index (κ3) is 3.34. The molecule has 0 aliphatic rings.